The first-order chi connectivity index (χ1) is 8.75. The summed E-state index contributed by atoms with van der Waals surface area (Å²) in [5, 5.41) is 5.14. The van der Waals surface area contributed by atoms with Crippen LogP contribution in [0.4, 0.5) is 0 Å². The summed E-state index contributed by atoms with van der Waals surface area (Å²) >= 11 is 3.49. The quantitative estimate of drug-likeness (QED) is 0.648. The van der Waals surface area contributed by atoms with E-state index in [4.69, 9.17) is 0 Å². The first kappa shape index (κ1) is 11.1. The molecular formula is C13H9BrN4. The fraction of sp³-hybridized carbons (Fsp3) is 0.0769. The Kier molecular flexibility index (Phi) is 2.65. The van der Waals surface area contributed by atoms with E-state index in [1.165, 1.54) is 0 Å². The van der Waals surface area contributed by atoms with Crippen molar-refractivity contribution < 1.29 is 0 Å². The summed E-state index contributed by atoms with van der Waals surface area (Å²) in [7, 11) is 1.87. The van der Waals surface area contributed by atoms with Gasteiger partial charge in [0.25, 0.3) is 0 Å². The van der Waals surface area contributed by atoms with E-state index in [1.54, 1.807) is 23.3 Å². The van der Waals surface area contributed by atoms with Crippen LogP contribution in [-0.2, 0) is 7.05 Å². The summed E-state index contributed by atoms with van der Waals surface area (Å²) < 4.78 is 2.69. The first-order valence-electron chi connectivity index (χ1n) is 5.36. The number of hydrogen-bond donors (Lipinski definition) is 1. The highest BCUT2D eigenvalue weighted by Crippen LogP contribution is 2.25. The van der Waals surface area contributed by atoms with Crippen molar-refractivity contribution in [1.82, 2.24) is 19.7 Å². The molecule has 3 heterocycles. The van der Waals surface area contributed by atoms with Gasteiger partial charge in [-0.15, -0.1) is 0 Å². The van der Waals surface area contributed by atoms with Crippen LogP contribution in [0.1, 0.15) is 11.3 Å². The van der Waals surface area contributed by atoms with Gasteiger partial charge in [0, 0.05) is 29.3 Å². The molecule has 5 heteroatoms. The van der Waals surface area contributed by atoms with E-state index < -0.39 is 0 Å². The maximum Gasteiger partial charge on any atom is 0.111 e. The molecule has 0 aliphatic heterocycles. The Labute approximate surface area is 112 Å². The lowest BCUT2D eigenvalue weighted by atomic mass is 10.2. The molecule has 18 heavy (non-hydrogen) atoms. The molecule has 0 amide bonds. The van der Waals surface area contributed by atoms with Crippen molar-refractivity contribution in [2.24, 2.45) is 7.05 Å². The molecule has 4 nitrogen and oxygen atoms in total. The molecule has 0 aliphatic carbocycles. The van der Waals surface area contributed by atoms with Gasteiger partial charge < -0.3 is 4.98 Å². The smallest absolute Gasteiger partial charge is 0.111 e. The van der Waals surface area contributed by atoms with Gasteiger partial charge in [0.15, 0.2) is 0 Å². The molecule has 0 bridgehead atoms. The zero-order chi connectivity index (χ0) is 12.5. The Hall–Kier alpha value is -2.06. The number of rotatable bonds is 0. The highest BCUT2D eigenvalue weighted by Gasteiger charge is 2.05. The molecular weight excluding hydrogens is 292 g/mol. The number of halogens is 1. The monoisotopic (exact) mass is 300 g/mol. The molecule has 0 radical (unpaired) electrons. The maximum atomic E-state index is 4.11. The molecule has 3 rings (SSSR count). The molecule has 0 saturated carbocycles. The number of pyridine rings is 1. The Bertz CT molecular complexity index is 773. The van der Waals surface area contributed by atoms with E-state index in [9.17, 15) is 0 Å². The van der Waals surface area contributed by atoms with E-state index in [0.717, 1.165) is 26.6 Å². The normalized spacial score (nSPS) is 10.3. The Morgan fingerprint density at radius 2 is 2.22 bits per heavy atom. The second-order valence-electron chi connectivity index (χ2n) is 3.84. The average Bonchev–Trinajstić information content (AvgIpc) is 2.94. The lowest BCUT2D eigenvalue weighted by molar-refractivity contribution is 0.757. The Morgan fingerprint density at radius 3 is 3.00 bits per heavy atom. The first-order valence-corrected chi connectivity index (χ1v) is 6.15. The van der Waals surface area contributed by atoms with Gasteiger partial charge in [-0.1, -0.05) is 5.92 Å². The maximum absolute atomic E-state index is 4.11. The van der Waals surface area contributed by atoms with Crippen molar-refractivity contribution in [3.8, 4) is 11.8 Å². The second-order valence-corrected chi connectivity index (χ2v) is 4.69. The fourth-order valence-corrected chi connectivity index (χ4v) is 2.31. The van der Waals surface area contributed by atoms with Crippen molar-refractivity contribution in [2.45, 2.75) is 0 Å². The number of aromatic amines is 1. The number of hydrogen-bond acceptors (Lipinski definition) is 2. The molecule has 3 aromatic rings. The molecule has 88 valence electrons. The molecule has 0 aromatic carbocycles. The van der Waals surface area contributed by atoms with Crippen LogP contribution in [0.5, 0.6) is 0 Å². The van der Waals surface area contributed by atoms with Gasteiger partial charge in [0.1, 0.15) is 5.69 Å². The van der Waals surface area contributed by atoms with Crippen LogP contribution in [0.2, 0.25) is 0 Å². The summed E-state index contributed by atoms with van der Waals surface area (Å²) in [5.41, 5.74) is 2.80. The van der Waals surface area contributed by atoms with Crippen LogP contribution in [0.15, 0.2) is 35.3 Å². The van der Waals surface area contributed by atoms with E-state index in [0.29, 0.717) is 0 Å². The van der Waals surface area contributed by atoms with E-state index in [2.05, 4.69) is 42.8 Å². The number of aromatic nitrogens is 4. The van der Waals surface area contributed by atoms with Gasteiger partial charge in [-0.05, 0) is 27.9 Å². The SMILES string of the molecule is Cn1nccc1C#Cc1c[nH]c2cncc(Br)c12. The van der Waals surface area contributed by atoms with Gasteiger partial charge in [0.2, 0.25) is 0 Å². The van der Waals surface area contributed by atoms with Crippen LogP contribution in [0.25, 0.3) is 10.9 Å². The van der Waals surface area contributed by atoms with Crippen molar-refractivity contribution in [1.29, 1.82) is 0 Å². The average molecular weight is 301 g/mol. The van der Waals surface area contributed by atoms with Crippen molar-refractivity contribution in [3.63, 3.8) is 0 Å². The Balaban J connectivity index is 2.12. The summed E-state index contributed by atoms with van der Waals surface area (Å²) in [4.78, 5) is 7.27. The minimum Gasteiger partial charge on any atom is -0.359 e. The summed E-state index contributed by atoms with van der Waals surface area (Å²) in [6.07, 6.45) is 7.18. The van der Waals surface area contributed by atoms with Gasteiger partial charge in [-0.2, -0.15) is 5.10 Å². The van der Waals surface area contributed by atoms with Gasteiger partial charge in [-0.3, -0.25) is 9.67 Å². The molecule has 0 saturated heterocycles. The second kappa shape index (κ2) is 4.31. The molecule has 3 aromatic heterocycles. The van der Waals surface area contributed by atoms with E-state index in [-0.39, 0.29) is 0 Å². The number of H-pyrrole nitrogens is 1. The standard InChI is InChI=1S/C13H9BrN4/c1-18-10(4-5-17-18)3-2-9-6-16-12-8-15-7-11(14)13(9)12/h4-8,16H,1H3. The third kappa shape index (κ3) is 1.81. The zero-order valence-electron chi connectivity index (χ0n) is 9.61. The highest BCUT2D eigenvalue weighted by atomic mass is 79.9. The summed E-state index contributed by atoms with van der Waals surface area (Å²) in [5.74, 6) is 6.26. The van der Waals surface area contributed by atoms with Gasteiger partial charge in [0.05, 0.1) is 23.5 Å². The van der Waals surface area contributed by atoms with Crippen molar-refractivity contribution in [3.05, 3.63) is 46.6 Å². The predicted molar refractivity (Wildman–Crippen MR) is 73.0 cm³/mol. The van der Waals surface area contributed by atoms with Crippen molar-refractivity contribution in [2.75, 3.05) is 0 Å². The van der Waals surface area contributed by atoms with Gasteiger partial charge >= 0.3 is 0 Å². The number of nitrogens with zero attached hydrogens (tertiary/aromatic N) is 3. The van der Waals surface area contributed by atoms with Crippen LogP contribution in [-0.4, -0.2) is 19.7 Å². The highest BCUT2D eigenvalue weighted by molar-refractivity contribution is 9.10. The molecule has 0 unspecified atom stereocenters. The molecule has 1 N–H and O–H groups in total. The molecule has 0 spiro atoms. The number of aryl methyl sites for hydroxylation is 1. The lowest BCUT2D eigenvalue weighted by Crippen LogP contribution is -1.92. The lowest BCUT2D eigenvalue weighted by Gasteiger charge is -1.93. The molecule has 0 atom stereocenters. The topological polar surface area (TPSA) is 46.5 Å². The van der Waals surface area contributed by atoms with Gasteiger partial charge in [-0.25, -0.2) is 0 Å². The summed E-state index contributed by atoms with van der Waals surface area (Å²) in [6, 6.07) is 1.89. The third-order valence-corrected chi connectivity index (χ3v) is 3.29. The van der Waals surface area contributed by atoms with Crippen LogP contribution >= 0.6 is 15.9 Å². The fourth-order valence-electron chi connectivity index (χ4n) is 1.77. The predicted octanol–water partition coefficient (Wildman–Crippen LogP) is 2.46. The van der Waals surface area contributed by atoms with Crippen LogP contribution < -0.4 is 0 Å². The Morgan fingerprint density at radius 1 is 1.33 bits per heavy atom. The van der Waals surface area contributed by atoms with E-state index in [1.807, 2.05) is 19.3 Å². The van der Waals surface area contributed by atoms with Crippen LogP contribution in [0.3, 0.4) is 0 Å². The van der Waals surface area contributed by atoms with Crippen LogP contribution in [0, 0.1) is 11.8 Å². The van der Waals surface area contributed by atoms with E-state index >= 15 is 0 Å². The third-order valence-electron chi connectivity index (χ3n) is 2.69. The largest absolute Gasteiger partial charge is 0.359 e. The minimum atomic E-state index is 0.884. The van der Waals surface area contributed by atoms with Crippen molar-refractivity contribution >= 4 is 26.8 Å². The zero-order valence-corrected chi connectivity index (χ0v) is 11.2. The molecule has 0 fully saturated rings. The number of nitrogens with one attached hydrogen (secondary N) is 1. The number of fused-ring (bicyclic) bond motifs is 1. The minimum absolute atomic E-state index is 0.884. The molecule has 0 aliphatic rings. The summed E-state index contributed by atoms with van der Waals surface area (Å²) in [6.45, 7) is 0.